The zero-order chi connectivity index (χ0) is 19.1. The van der Waals surface area contributed by atoms with Crippen LogP contribution in [0.4, 0.5) is 4.39 Å². The van der Waals surface area contributed by atoms with Gasteiger partial charge in [0.15, 0.2) is 17.3 Å². The molecule has 0 aliphatic carbocycles. The largest absolute Gasteiger partial charge is 0.335 e. The molecule has 0 atom stereocenters. The van der Waals surface area contributed by atoms with Crippen LogP contribution in [0, 0.1) is 5.82 Å². The molecule has 4 heterocycles. The van der Waals surface area contributed by atoms with Gasteiger partial charge in [-0.15, -0.1) is 31.7 Å². The second-order valence-electron chi connectivity index (χ2n) is 5.70. The zero-order valence-electron chi connectivity index (χ0n) is 14.1. The van der Waals surface area contributed by atoms with Crippen LogP contribution in [0.1, 0.15) is 0 Å². The van der Waals surface area contributed by atoms with Crippen molar-refractivity contribution in [3.8, 4) is 22.1 Å². The lowest BCUT2D eigenvalue weighted by atomic mass is 10.2. The summed E-state index contributed by atoms with van der Waals surface area (Å²) < 4.78 is 17.1. The first-order valence-electron chi connectivity index (χ1n) is 8.10. The summed E-state index contributed by atoms with van der Waals surface area (Å²) in [6.07, 6.45) is 0. The first kappa shape index (κ1) is 16.8. The van der Waals surface area contributed by atoms with E-state index in [2.05, 4.69) is 25.5 Å². The highest BCUT2D eigenvalue weighted by Gasteiger charge is 2.17. The van der Waals surface area contributed by atoms with Crippen molar-refractivity contribution >= 4 is 28.7 Å². The molecule has 0 fully saturated rings. The van der Waals surface area contributed by atoms with Crippen molar-refractivity contribution in [2.45, 2.75) is 10.2 Å². The van der Waals surface area contributed by atoms with Crippen LogP contribution in [0.15, 0.2) is 64.1 Å². The predicted molar refractivity (Wildman–Crippen MR) is 104 cm³/mol. The topological polar surface area (TPSA) is 99.8 Å². The number of hydrogen-bond acceptors (Lipinski definition) is 8. The minimum atomic E-state index is -0.390. The fourth-order valence-corrected chi connectivity index (χ4v) is 4.07. The Morgan fingerprint density at radius 2 is 1.79 bits per heavy atom. The summed E-state index contributed by atoms with van der Waals surface area (Å²) >= 11 is 2.78. The maximum Gasteiger partial charge on any atom is 0.216 e. The van der Waals surface area contributed by atoms with E-state index in [0.29, 0.717) is 33.0 Å². The quantitative estimate of drug-likeness (QED) is 0.454. The highest BCUT2D eigenvalue weighted by Crippen LogP contribution is 2.29. The number of aromatic nitrogens is 7. The van der Waals surface area contributed by atoms with Gasteiger partial charge in [-0.2, -0.15) is 9.61 Å². The first-order valence-corrected chi connectivity index (χ1v) is 9.80. The van der Waals surface area contributed by atoms with Crippen LogP contribution in [0.2, 0.25) is 0 Å². The van der Waals surface area contributed by atoms with Gasteiger partial charge in [0.25, 0.3) is 0 Å². The molecule has 5 rings (SSSR count). The summed E-state index contributed by atoms with van der Waals surface area (Å²) in [5.41, 5.74) is 0.836. The Labute approximate surface area is 165 Å². The van der Waals surface area contributed by atoms with Crippen LogP contribution in [0.3, 0.4) is 0 Å². The number of fused-ring (bicyclic) bond motifs is 1. The Hall–Kier alpha value is -3.31. The van der Waals surface area contributed by atoms with Gasteiger partial charge in [-0.25, -0.2) is 9.07 Å². The summed E-state index contributed by atoms with van der Waals surface area (Å²) in [6, 6.07) is 13.7. The number of rotatable bonds is 4. The van der Waals surface area contributed by atoms with E-state index in [1.165, 1.54) is 38.4 Å². The van der Waals surface area contributed by atoms with Crippen LogP contribution >= 0.6 is 23.1 Å². The molecular weight excluding hydrogens is 399 g/mol. The monoisotopic (exact) mass is 410 g/mol. The number of nitrogens with two attached hydrogens (primary N) is 1. The zero-order valence-corrected chi connectivity index (χ0v) is 15.7. The van der Waals surface area contributed by atoms with Crippen molar-refractivity contribution in [2.75, 3.05) is 5.84 Å². The number of nitrogen functional groups attached to an aromatic ring is 1. The van der Waals surface area contributed by atoms with Crippen molar-refractivity contribution in [3.05, 3.63) is 59.7 Å². The molecule has 0 bridgehead atoms. The average Bonchev–Trinajstić information content (AvgIpc) is 3.43. The maximum atomic E-state index is 14.2. The maximum absolute atomic E-state index is 14.2. The van der Waals surface area contributed by atoms with Gasteiger partial charge in [0.05, 0.1) is 10.4 Å². The van der Waals surface area contributed by atoms with Crippen molar-refractivity contribution in [2.24, 2.45) is 0 Å². The second kappa shape index (κ2) is 6.69. The molecule has 0 unspecified atom stereocenters. The fourth-order valence-electron chi connectivity index (χ4n) is 2.65. The van der Waals surface area contributed by atoms with E-state index >= 15 is 0 Å². The van der Waals surface area contributed by atoms with Crippen LogP contribution in [0.5, 0.6) is 0 Å². The van der Waals surface area contributed by atoms with Crippen LogP contribution in [-0.2, 0) is 0 Å². The van der Waals surface area contributed by atoms with E-state index in [0.717, 1.165) is 4.88 Å². The molecule has 0 aliphatic heterocycles. The molecule has 0 amide bonds. The third kappa shape index (κ3) is 2.80. The lowest BCUT2D eigenvalue weighted by Gasteiger charge is -2.04. The number of nitrogens with zero attached hydrogens (tertiary/aromatic N) is 7. The van der Waals surface area contributed by atoms with Crippen molar-refractivity contribution in [1.29, 1.82) is 0 Å². The SMILES string of the molecule is Nn1c(Sc2ccc3nnc(-c4ccccc4F)n3n2)nnc1-c1cccs1. The molecule has 8 nitrogen and oxygen atoms in total. The Morgan fingerprint density at radius 3 is 2.61 bits per heavy atom. The van der Waals surface area contributed by atoms with Gasteiger partial charge >= 0.3 is 0 Å². The van der Waals surface area contributed by atoms with E-state index in [1.54, 1.807) is 30.3 Å². The average molecular weight is 410 g/mol. The lowest BCUT2D eigenvalue weighted by molar-refractivity contribution is 0.629. The van der Waals surface area contributed by atoms with Gasteiger partial charge in [-0.1, -0.05) is 18.2 Å². The van der Waals surface area contributed by atoms with Crippen LogP contribution in [0.25, 0.3) is 27.7 Å². The molecule has 11 heteroatoms. The second-order valence-corrected chi connectivity index (χ2v) is 7.64. The standard InChI is InChI=1S/C17H11FN8S2/c18-11-5-2-1-4-10(11)15-21-20-13-7-8-14(24-26(13)15)28-17-23-22-16(25(17)19)12-6-3-9-27-12/h1-9H,19H2. The van der Waals surface area contributed by atoms with E-state index in [4.69, 9.17) is 5.84 Å². The van der Waals surface area contributed by atoms with Crippen LogP contribution < -0.4 is 5.84 Å². The summed E-state index contributed by atoms with van der Waals surface area (Å²) in [6.45, 7) is 0. The Morgan fingerprint density at radius 1 is 0.929 bits per heavy atom. The van der Waals surface area contributed by atoms with Crippen LogP contribution in [-0.4, -0.2) is 34.7 Å². The number of hydrogen-bond donors (Lipinski definition) is 1. The smallest absolute Gasteiger partial charge is 0.216 e. The van der Waals surface area contributed by atoms with Crippen molar-refractivity contribution in [1.82, 2.24) is 34.7 Å². The van der Waals surface area contributed by atoms with E-state index in [1.807, 2.05) is 17.5 Å². The highest BCUT2D eigenvalue weighted by atomic mass is 32.2. The summed E-state index contributed by atoms with van der Waals surface area (Å²) in [5.74, 6) is 6.66. The van der Waals surface area contributed by atoms with Gasteiger partial charge < -0.3 is 5.84 Å². The van der Waals surface area contributed by atoms with E-state index in [9.17, 15) is 4.39 Å². The minimum Gasteiger partial charge on any atom is -0.335 e. The van der Waals surface area contributed by atoms with Gasteiger partial charge in [0.1, 0.15) is 10.8 Å². The molecule has 0 saturated heterocycles. The molecule has 2 N–H and O–H groups in total. The molecule has 4 aromatic heterocycles. The Kier molecular flexibility index (Phi) is 4.02. The van der Waals surface area contributed by atoms with Gasteiger partial charge in [0, 0.05) is 0 Å². The fraction of sp³-hybridized carbons (Fsp3) is 0. The summed E-state index contributed by atoms with van der Waals surface area (Å²) in [5, 5.41) is 24.0. The molecule has 5 aromatic rings. The molecule has 0 aliphatic rings. The van der Waals surface area contributed by atoms with Crippen molar-refractivity contribution < 1.29 is 4.39 Å². The molecule has 0 saturated carbocycles. The summed E-state index contributed by atoms with van der Waals surface area (Å²) in [7, 11) is 0. The normalized spacial score (nSPS) is 11.3. The van der Waals surface area contributed by atoms with E-state index in [-0.39, 0.29) is 5.82 Å². The molecule has 0 spiro atoms. The third-order valence-electron chi connectivity index (χ3n) is 3.96. The highest BCUT2D eigenvalue weighted by molar-refractivity contribution is 7.99. The Balaban J connectivity index is 1.53. The molecule has 1 aromatic carbocycles. The third-order valence-corrected chi connectivity index (χ3v) is 5.71. The molecule has 0 radical (unpaired) electrons. The Bertz CT molecular complexity index is 1280. The molecular formula is C17H11FN8S2. The number of benzene rings is 1. The molecule has 138 valence electrons. The number of thiophene rings is 1. The van der Waals surface area contributed by atoms with E-state index < -0.39 is 0 Å². The van der Waals surface area contributed by atoms with Gasteiger partial charge in [0.2, 0.25) is 5.16 Å². The molecule has 28 heavy (non-hydrogen) atoms. The van der Waals surface area contributed by atoms with Gasteiger partial charge in [-0.3, -0.25) is 0 Å². The number of halogens is 1. The lowest BCUT2D eigenvalue weighted by Crippen LogP contribution is -2.11. The van der Waals surface area contributed by atoms with Gasteiger partial charge in [-0.05, 0) is 47.5 Å². The summed E-state index contributed by atoms with van der Waals surface area (Å²) in [4.78, 5) is 0.922. The van der Waals surface area contributed by atoms with Crippen molar-refractivity contribution in [3.63, 3.8) is 0 Å². The minimum absolute atomic E-state index is 0.323. The predicted octanol–water partition coefficient (Wildman–Crippen LogP) is 3.12. The first-order chi connectivity index (χ1) is 13.7.